The van der Waals surface area contributed by atoms with Crippen molar-refractivity contribution in [2.45, 2.75) is 33.2 Å². The van der Waals surface area contributed by atoms with Crippen LogP contribution in [0.15, 0.2) is 42.5 Å². The minimum atomic E-state index is -3.24. The van der Waals surface area contributed by atoms with E-state index in [-0.39, 0.29) is 11.8 Å². The summed E-state index contributed by atoms with van der Waals surface area (Å²) in [6.45, 7) is 5.08. The summed E-state index contributed by atoms with van der Waals surface area (Å²) in [6.07, 6.45) is 1.27. The van der Waals surface area contributed by atoms with Crippen LogP contribution in [0.4, 0.5) is 16.2 Å². The Hall–Kier alpha value is -2.58. The van der Waals surface area contributed by atoms with Gasteiger partial charge in [-0.25, -0.2) is 13.2 Å². The first-order valence-corrected chi connectivity index (χ1v) is 11.4. The topological polar surface area (TPSA) is 87.7 Å². The maximum Gasteiger partial charge on any atom is 0.323 e. The number of nitrogens with zero attached hydrogens (tertiary/aromatic N) is 1. The van der Waals surface area contributed by atoms with Crippen LogP contribution in [-0.2, 0) is 23.0 Å². The lowest BCUT2D eigenvalue weighted by Crippen LogP contribution is -2.37. The molecule has 0 spiro atoms. The summed E-state index contributed by atoms with van der Waals surface area (Å²) in [6, 6.07) is 12.5. The summed E-state index contributed by atoms with van der Waals surface area (Å²) in [5.41, 5.74) is 3.23. The maximum atomic E-state index is 12.4. The van der Waals surface area contributed by atoms with Crippen molar-refractivity contribution < 1.29 is 17.9 Å². The Morgan fingerprint density at radius 2 is 1.90 bits per heavy atom. The van der Waals surface area contributed by atoms with E-state index >= 15 is 0 Å². The fourth-order valence-corrected chi connectivity index (χ4v) is 4.85. The second kappa shape index (κ2) is 9.28. The van der Waals surface area contributed by atoms with Gasteiger partial charge >= 0.3 is 6.03 Å². The van der Waals surface area contributed by atoms with Crippen LogP contribution in [-0.4, -0.2) is 37.7 Å². The van der Waals surface area contributed by atoms with Crippen molar-refractivity contribution in [1.82, 2.24) is 4.31 Å². The molecule has 0 saturated heterocycles. The molecule has 156 valence electrons. The van der Waals surface area contributed by atoms with Crippen molar-refractivity contribution in [1.29, 1.82) is 0 Å². The van der Waals surface area contributed by atoms with Gasteiger partial charge in [0, 0.05) is 18.8 Å². The molecule has 3 rings (SSSR count). The number of benzene rings is 2. The Morgan fingerprint density at radius 3 is 2.66 bits per heavy atom. The maximum absolute atomic E-state index is 12.4. The molecular formula is C21H27N3O4S. The molecule has 2 N–H and O–H groups in total. The van der Waals surface area contributed by atoms with E-state index in [1.807, 2.05) is 44.2 Å². The number of sulfonamides is 1. The number of hydrogen-bond acceptors (Lipinski definition) is 4. The molecule has 1 aliphatic heterocycles. The molecule has 1 heterocycles. The number of carbonyl (C=O) groups is 1. The second-order valence-corrected chi connectivity index (χ2v) is 8.98. The number of nitrogens with one attached hydrogen (secondary N) is 2. The monoisotopic (exact) mass is 417 g/mol. The number of urea groups is 1. The van der Waals surface area contributed by atoms with E-state index in [4.69, 9.17) is 4.74 Å². The first-order valence-electron chi connectivity index (χ1n) is 9.82. The Morgan fingerprint density at radius 1 is 1.10 bits per heavy atom. The summed E-state index contributed by atoms with van der Waals surface area (Å²) < 4.78 is 31.8. The molecule has 2 aromatic carbocycles. The zero-order valence-electron chi connectivity index (χ0n) is 16.8. The summed E-state index contributed by atoms with van der Waals surface area (Å²) >= 11 is 0. The third-order valence-corrected chi connectivity index (χ3v) is 6.75. The summed E-state index contributed by atoms with van der Waals surface area (Å²) in [7, 11) is -3.24. The number of rotatable bonds is 7. The van der Waals surface area contributed by atoms with Crippen LogP contribution in [0.5, 0.6) is 5.75 Å². The van der Waals surface area contributed by atoms with E-state index in [1.54, 1.807) is 12.1 Å². The normalized spacial score (nSPS) is 14.1. The average Bonchev–Trinajstić information content (AvgIpc) is 2.69. The third kappa shape index (κ3) is 5.27. The van der Waals surface area contributed by atoms with Crippen LogP contribution in [0.25, 0.3) is 0 Å². The van der Waals surface area contributed by atoms with E-state index in [2.05, 4.69) is 10.6 Å². The standard InChI is InChI=1S/C21H27N3O4S/c1-3-13-29(26,27)24-12-11-16-9-10-18(14-17(16)15-24)22-21(25)23-19-7-5-6-8-20(19)28-4-2/h5-10,14H,3-4,11-13,15H2,1-2H3,(H2,22,23,25). The highest BCUT2D eigenvalue weighted by atomic mass is 32.2. The van der Waals surface area contributed by atoms with E-state index in [1.165, 1.54) is 4.31 Å². The number of hydrogen-bond donors (Lipinski definition) is 2. The number of carbonyl (C=O) groups excluding carboxylic acids is 1. The van der Waals surface area contributed by atoms with Gasteiger partial charge in [-0.3, -0.25) is 0 Å². The average molecular weight is 418 g/mol. The zero-order valence-corrected chi connectivity index (χ0v) is 17.6. The molecule has 29 heavy (non-hydrogen) atoms. The highest BCUT2D eigenvalue weighted by Gasteiger charge is 2.26. The van der Waals surface area contributed by atoms with Gasteiger partial charge in [-0.05, 0) is 55.2 Å². The lowest BCUT2D eigenvalue weighted by atomic mass is 10.0. The van der Waals surface area contributed by atoms with Gasteiger partial charge in [-0.2, -0.15) is 4.31 Å². The van der Waals surface area contributed by atoms with E-state index < -0.39 is 10.0 Å². The van der Waals surface area contributed by atoms with Gasteiger partial charge in [0.05, 0.1) is 18.0 Å². The fourth-order valence-electron chi connectivity index (χ4n) is 3.37. The van der Waals surface area contributed by atoms with Crippen LogP contribution in [0, 0.1) is 0 Å². The van der Waals surface area contributed by atoms with Crippen molar-refractivity contribution in [2.24, 2.45) is 0 Å². The largest absolute Gasteiger partial charge is 0.492 e. The van der Waals surface area contributed by atoms with Crippen LogP contribution in [0.1, 0.15) is 31.4 Å². The van der Waals surface area contributed by atoms with Crippen LogP contribution < -0.4 is 15.4 Å². The smallest absolute Gasteiger partial charge is 0.323 e. The van der Waals surface area contributed by atoms with Crippen molar-refractivity contribution in [3.05, 3.63) is 53.6 Å². The van der Waals surface area contributed by atoms with Gasteiger partial charge < -0.3 is 15.4 Å². The molecule has 0 atom stereocenters. The van der Waals surface area contributed by atoms with Crippen molar-refractivity contribution >= 4 is 27.4 Å². The molecule has 0 saturated carbocycles. The van der Waals surface area contributed by atoms with Gasteiger partial charge in [-0.1, -0.05) is 25.1 Å². The molecule has 1 aliphatic rings. The Bertz CT molecular complexity index is 976. The third-order valence-electron chi connectivity index (χ3n) is 4.73. The van der Waals surface area contributed by atoms with Crippen molar-refractivity contribution in [3.63, 3.8) is 0 Å². The molecule has 7 nitrogen and oxygen atoms in total. The van der Waals surface area contributed by atoms with Crippen LogP contribution in [0.2, 0.25) is 0 Å². The SMILES string of the molecule is CCCS(=O)(=O)N1CCc2ccc(NC(=O)Nc3ccccc3OCC)cc2C1. The summed E-state index contributed by atoms with van der Waals surface area (Å²) in [5, 5.41) is 5.61. The molecular weight excluding hydrogens is 390 g/mol. The van der Waals surface area contributed by atoms with E-state index in [9.17, 15) is 13.2 Å². The molecule has 0 unspecified atom stereocenters. The number of anilines is 2. The second-order valence-electron chi connectivity index (χ2n) is 6.89. The fraction of sp³-hybridized carbons (Fsp3) is 0.381. The minimum Gasteiger partial charge on any atom is -0.492 e. The Balaban J connectivity index is 1.70. The predicted molar refractivity (Wildman–Crippen MR) is 115 cm³/mol. The molecule has 0 bridgehead atoms. The number of para-hydroxylation sites is 2. The lowest BCUT2D eigenvalue weighted by Gasteiger charge is -2.28. The highest BCUT2D eigenvalue weighted by Crippen LogP contribution is 2.26. The lowest BCUT2D eigenvalue weighted by molar-refractivity contribution is 0.262. The number of ether oxygens (including phenoxy) is 1. The summed E-state index contributed by atoms with van der Waals surface area (Å²) in [5.74, 6) is 0.759. The van der Waals surface area contributed by atoms with Gasteiger partial charge in [0.1, 0.15) is 5.75 Å². The number of fused-ring (bicyclic) bond motifs is 1. The predicted octanol–water partition coefficient (Wildman–Crippen LogP) is 3.83. The summed E-state index contributed by atoms with van der Waals surface area (Å²) in [4.78, 5) is 12.4. The van der Waals surface area contributed by atoms with E-state index in [0.29, 0.717) is 49.7 Å². The van der Waals surface area contributed by atoms with Gasteiger partial charge in [-0.15, -0.1) is 0 Å². The van der Waals surface area contributed by atoms with Crippen LogP contribution in [0.3, 0.4) is 0 Å². The minimum absolute atomic E-state index is 0.155. The first kappa shape index (κ1) is 21.1. The van der Waals surface area contributed by atoms with Crippen LogP contribution >= 0.6 is 0 Å². The quantitative estimate of drug-likeness (QED) is 0.717. The van der Waals surface area contributed by atoms with E-state index in [0.717, 1.165) is 11.1 Å². The molecule has 8 heteroatoms. The highest BCUT2D eigenvalue weighted by molar-refractivity contribution is 7.89. The van der Waals surface area contributed by atoms with Crippen molar-refractivity contribution in [3.8, 4) is 5.75 Å². The molecule has 0 radical (unpaired) electrons. The molecule has 2 amide bonds. The zero-order chi connectivity index (χ0) is 20.9. The van der Waals surface area contributed by atoms with Crippen molar-refractivity contribution in [2.75, 3.05) is 29.5 Å². The van der Waals surface area contributed by atoms with Gasteiger partial charge in [0.15, 0.2) is 0 Å². The van der Waals surface area contributed by atoms with Gasteiger partial charge in [0.2, 0.25) is 10.0 Å². The molecule has 0 fully saturated rings. The molecule has 0 aromatic heterocycles. The first-order chi connectivity index (χ1) is 13.9. The molecule has 2 aromatic rings. The Kier molecular flexibility index (Phi) is 6.76. The Labute approximate surface area is 172 Å². The van der Waals surface area contributed by atoms with Gasteiger partial charge in [0.25, 0.3) is 0 Å². The number of amides is 2. The molecule has 0 aliphatic carbocycles.